The van der Waals surface area contributed by atoms with E-state index in [1.165, 1.54) is 18.2 Å². The van der Waals surface area contributed by atoms with Crippen molar-refractivity contribution in [3.63, 3.8) is 0 Å². The summed E-state index contributed by atoms with van der Waals surface area (Å²) >= 11 is 0. The van der Waals surface area contributed by atoms with Gasteiger partial charge in [0.15, 0.2) is 0 Å². The molecule has 1 atom stereocenters. The van der Waals surface area contributed by atoms with Gasteiger partial charge >= 0.3 is 0 Å². The van der Waals surface area contributed by atoms with E-state index >= 15 is 0 Å². The van der Waals surface area contributed by atoms with Crippen LogP contribution in [-0.2, 0) is 4.79 Å². The highest BCUT2D eigenvalue weighted by Gasteiger charge is 2.17. The Hall–Kier alpha value is -2.49. The summed E-state index contributed by atoms with van der Waals surface area (Å²) in [4.78, 5) is 11.3. The van der Waals surface area contributed by atoms with Gasteiger partial charge in [-0.1, -0.05) is 18.2 Å². The number of hydrogen-bond donors (Lipinski definition) is 2. The summed E-state index contributed by atoms with van der Waals surface area (Å²) < 4.78 is 5.06. The lowest BCUT2D eigenvalue weighted by Crippen LogP contribution is -2.02. The van der Waals surface area contributed by atoms with Crippen molar-refractivity contribution in [1.29, 1.82) is 0 Å². The Morgan fingerprint density at radius 2 is 1.79 bits per heavy atom. The fourth-order valence-electron chi connectivity index (χ4n) is 1.94. The van der Waals surface area contributed by atoms with Gasteiger partial charge in [0, 0.05) is 11.6 Å². The van der Waals surface area contributed by atoms with E-state index in [4.69, 9.17) is 4.74 Å². The minimum Gasteiger partial charge on any atom is -0.508 e. The average Bonchev–Trinajstić information content (AvgIpc) is 2.42. The number of phenolic OH excluding ortho intramolecular Hbond substituents is 2. The second kappa shape index (κ2) is 5.44. The Morgan fingerprint density at radius 3 is 2.32 bits per heavy atom. The molecule has 0 aromatic heterocycles. The molecule has 2 aromatic carbocycles. The van der Waals surface area contributed by atoms with Crippen molar-refractivity contribution in [3.8, 4) is 17.2 Å². The lowest BCUT2D eigenvalue weighted by atomic mass is 9.92. The van der Waals surface area contributed by atoms with Crippen molar-refractivity contribution in [3.05, 3.63) is 53.6 Å². The first kappa shape index (κ1) is 13.0. The number of ether oxygens (including phenoxy) is 1. The first-order chi connectivity index (χ1) is 9.15. The summed E-state index contributed by atoms with van der Waals surface area (Å²) in [6.07, 6.45) is 0.758. The Bertz CT molecular complexity index is 575. The smallest absolute Gasteiger partial charge is 0.131 e. The summed E-state index contributed by atoms with van der Waals surface area (Å²) in [5.41, 5.74) is 1.20. The predicted molar refractivity (Wildman–Crippen MR) is 70.7 cm³/mol. The fraction of sp³-hybridized carbons (Fsp3) is 0.133. The van der Waals surface area contributed by atoms with Crippen LogP contribution in [-0.4, -0.2) is 23.6 Å². The van der Waals surface area contributed by atoms with Crippen LogP contribution in [0.3, 0.4) is 0 Å². The van der Waals surface area contributed by atoms with E-state index in [0.29, 0.717) is 11.3 Å². The van der Waals surface area contributed by atoms with Crippen molar-refractivity contribution in [2.75, 3.05) is 7.11 Å². The molecule has 19 heavy (non-hydrogen) atoms. The number of hydrogen-bond acceptors (Lipinski definition) is 4. The molecule has 0 amide bonds. The van der Waals surface area contributed by atoms with Crippen molar-refractivity contribution >= 4 is 6.29 Å². The van der Waals surface area contributed by atoms with E-state index in [2.05, 4.69) is 0 Å². The molecular formula is C15H14O4. The van der Waals surface area contributed by atoms with Gasteiger partial charge in [-0.2, -0.15) is 0 Å². The third kappa shape index (κ3) is 2.68. The number of carbonyl (C=O) groups excluding carboxylic acids is 1. The minimum atomic E-state index is -0.577. The molecular weight excluding hydrogens is 244 g/mol. The van der Waals surface area contributed by atoms with Crippen molar-refractivity contribution in [1.82, 2.24) is 0 Å². The highest BCUT2D eigenvalue weighted by molar-refractivity contribution is 5.70. The second-order valence-electron chi connectivity index (χ2n) is 4.13. The van der Waals surface area contributed by atoms with E-state index < -0.39 is 5.92 Å². The van der Waals surface area contributed by atoms with Crippen LogP contribution in [0.5, 0.6) is 17.2 Å². The van der Waals surface area contributed by atoms with E-state index in [0.717, 1.165) is 11.8 Å². The summed E-state index contributed by atoms with van der Waals surface area (Å²) in [7, 11) is 1.57. The molecule has 0 radical (unpaired) electrons. The molecule has 4 heteroatoms. The maximum Gasteiger partial charge on any atom is 0.131 e. The van der Waals surface area contributed by atoms with E-state index in [9.17, 15) is 15.0 Å². The van der Waals surface area contributed by atoms with Gasteiger partial charge in [-0.05, 0) is 23.8 Å². The third-order valence-corrected chi connectivity index (χ3v) is 2.96. The van der Waals surface area contributed by atoms with E-state index in [1.807, 2.05) is 0 Å². The second-order valence-corrected chi connectivity index (χ2v) is 4.13. The molecule has 0 aliphatic rings. The quantitative estimate of drug-likeness (QED) is 0.826. The predicted octanol–water partition coefficient (Wildman–Crippen LogP) is 2.44. The molecule has 2 N–H and O–H groups in total. The maximum absolute atomic E-state index is 11.3. The van der Waals surface area contributed by atoms with Gasteiger partial charge in [0.1, 0.15) is 23.5 Å². The molecule has 0 saturated carbocycles. The zero-order chi connectivity index (χ0) is 13.8. The molecule has 2 aromatic rings. The Morgan fingerprint density at radius 1 is 1.11 bits per heavy atom. The van der Waals surface area contributed by atoms with Crippen molar-refractivity contribution < 1.29 is 19.7 Å². The topological polar surface area (TPSA) is 66.8 Å². The molecule has 0 saturated heterocycles. The van der Waals surface area contributed by atoms with Crippen LogP contribution >= 0.6 is 0 Å². The summed E-state index contributed by atoms with van der Waals surface area (Å²) in [5.74, 6) is -0.0246. The van der Waals surface area contributed by atoms with Crippen LogP contribution in [0.4, 0.5) is 0 Å². The standard InChI is InChI=1S/C15H14O4/c1-19-12-5-2-10(3-6-12)14(9-16)13-7-4-11(17)8-15(13)18/h2-9,14,17-18H,1H3. The maximum atomic E-state index is 11.3. The number of rotatable bonds is 4. The third-order valence-electron chi connectivity index (χ3n) is 2.96. The molecule has 4 nitrogen and oxygen atoms in total. The van der Waals surface area contributed by atoms with Gasteiger partial charge in [0.2, 0.25) is 0 Å². The highest BCUT2D eigenvalue weighted by atomic mass is 16.5. The highest BCUT2D eigenvalue weighted by Crippen LogP contribution is 2.32. The fourth-order valence-corrected chi connectivity index (χ4v) is 1.94. The van der Waals surface area contributed by atoms with Crippen LogP contribution in [0, 0.1) is 0 Å². The van der Waals surface area contributed by atoms with Gasteiger partial charge < -0.3 is 19.7 Å². The normalized spacial score (nSPS) is 11.8. The number of carbonyl (C=O) groups is 1. The van der Waals surface area contributed by atoms with Gasteiger partial charge in [0.05, 0.1) is 13.0 Å². The SMILES string of the molecule is COc1ccc(C(C=O)c2ccc(O)cc2O)cc1. The number of benzene rings is 2. The van der Waals surface area contributed by atoms with Gasteiger partial charge in [0.25, 0.3) is 0 Å². The van der Waals surface area contributed by atoms with Gasteiger partial charge in [-0.15, -0.1) is 0 Å². The molecule has 0 heterocycles. The number of phenols is 2. The van der Waals surface area contributed by atoms with Crippen molar-refractivity contribution in [2.45, 2.75) is 5.92 Å². The van der Waals surface area contributed by atoms with Crippen LogP contribution < -0.4 is 4.74 Å². The monoisotopic (exact) mass is 258 g/mol. The number of methoxy groups -OCH3 is 1. The average molecular weight is 258 g/mol. The zero-order valence-corrected chi connectivity index (χ0v) is 10.4. The lowest BCUT2D eigenvalue weighted by molar-refractivity contribution is -0.108. The summed E-state index contributed by atoms with van der Waals surface area (Å²) in [5, 5.41) is 19.1. The first-order valence-electron chi connectivity index (χ1n) is 5.77. The number of aldehydes is 1. The molecule has 0 fully saturated rings. The molecule has 98 valence electrons. The Balaban J connectivity index is 2.40. The van der Waals surface area contributed by atoms with Gasteiger partial charge in [-0.25, -0.2) is 0 Å². The number of aromatic hydroxyl groups is 2. The molecule has 0 aliphatic heterocycles. The van der Waals surface area contributed by atoms with E-state index in [1.54, 1.807) is 31.4 Å². The van der Waals surface area contributed by atoms with Crippen LogP contribution in [0.15, 0.2) is 42.5 Å². The molecule has 0 bridgehead atoms. The van der Waals surface area contributed by atoms with Gasteiger partial charge in [-0.3, -0.25) is 0 Å². The van der Waals surface area contributed by atoms with Crippen LogP contribution in [0.25, 0.3) is 0 Å². The molecule has 0 spiro atoms. The minimum absolute atomic E-state index is 0.0411. The zero-order valence-electron chi connectivity index (χ0n) is 10.4. The van der Waals surface area contributed by atoms with Crippen molar-refractivity contribution in [2.24, 2.45) is 0 Å². The summed E-state index contributed by atoms with van der Waals surface area (Å²) in [6.45, 7) is 0. The largest absolute Gasteiger partial charge is 0.508 e. The van der Waals surface area contributed by atoms with Crippen LogP contribution in [0.2, 0.25) is 0 Å². The summed E-state index contributed by atoms with van der Waals surface area (Å²) in [6, 6.07) is 11.2. The van der Waals surface area contributed by atoms with Crippen LogP contribution in [0.1, 0.15) is 17.0 Å². The molecule has 0 aliphatic carbocycles. The lowest BCUT2D eigenvalue weighted by Gasteiger charge is -2.13. The molecule has 1 unspecified atom stereocenters. The van der Waals surface area contributed by atoms with E-state index in [-0.39, 0.29) is 11.5 Å². The Kier molecular flexibility index (Phi) is 3.71. The molecule has 2 rings (SSSR count). The first-order valence-corrected chi connectivity index (χ1v) is 5.77. The Labute approximate surface area is 110 Å².